The Labute approximate surface area is 204 Å². The predicted molar refractivity (Wildman–Crippen MR) is 145 cm³/mol. The molecule has 1 aliphatic heterocycles. The van der Waals surface area contributed by atoms with Crippen molar-refractivity contribution >= 4 is 38.9 Å². The van der Waals surface area contributed by atoms with Crippen LogP contribution in [0.4, 0.5) is 17.1 Å². The minimum Gasteiger partial charge on any atom is -0.309 e. The van der Waals surface area contributed by atoms with E-state index in [1.54, 1.807) is 0 Å². The van der Waals surface area contributed by atoms with Crippen molar-refractivity contribution in [3.05, 3.63) is 127 Å². The molecule has 0 saturated carbocycles. The summed E-state index contributed by atoms with van der Waals surface area (Å²) < 4.78 is 2.36. The van der Waals surface area contributed by atoms with Crippen LogP contribution in [0.25, 0.3) is 27.5 Å². The number of aromatic nitrogens is 2. The Kier molecular flexibility index (Phi) is 4.19. The van der Waals surface area contributed by atoms with Gasteiger partial charge in [-0.25, -0.2) is 0 Å². The van der Waals surface area contributed by atoms with Crippen LogP contribution in [0.1, 0.15) is 25.0 Å². The van der Waals surface area contributed by atoms with Crippen molar-refractivity contribution in [1.29, 1.82) is 0 Å². The van der Waals surface area contributed by atoms with Crippen LogP contribution in [0.3, 0.4) is 0 Å². The summed E-state index contributed by atoms with van der Waals surface area (Å²) in [5, 5.41) is 2.55. The molecule has 0 atom stereocenters. The fourth-order valence-corrected chi connectivity index (χ4v) is 5.79. The first-order valence-electron chi connectivity index (χ1n) is 12.1. The van der Waals surface area contributed by atoms with Crippen LogP contribution in [0.15, 0.2) is 116 Å². The molecule has 0 aliphatic carbocycles. The molecular formula is C32H25N3. The average molecular weight is 452 g/mol. The molecule has 0 bridgehead atoms. The van der Waals surface area contributed by atoms with Gasteiger partial charge >= 0.3 is 0 Å². The maximum absolute atomic E-state index is 4.49. The molecule has 168 valence electrons. The van der Waals surface area contributed by atoms with Crippen molar-refractivity contribution in [2.75, 3.05) is 4.90 Å². The first-order valence-corrected chi connectivity index (χ1v) is 12.1. The highest BCUT2D eigenvalue weighted by atomic mass is 15.2. The van der Waals surface area contributed by atoms with Crippen molar-refractivity contribution in [3.8, 4) is 5.69 Å². The van der Waals surface area contributed by atoms with E-state index in [0.717, 1.165) is 17.1 Å². The van der Waals surface area contributed by atoms with E-state index >= 15 is 0 Å². The molecule has 7 rings (SSSR count). The van der Waals surface area contributed by atoms with Gasteiger partial charge in [-0.3, -0.25) is 4.98 Å². The molecule has 1 aliphatic rings. The van der Waals surface area contributed by atoms with Crippen LogP contribution in [0.5, 0.6) is 0 Å². The number of rotatable bonds is 2. The largest absolute Gasteiger partial charge is 0.309 e. The lowest BCUT2D eigenvalue weighted by Gasteiger charge is -2.41. The summed E-state index contributed by atoms with van der Waals surface area (Å²) in [4.78, 5) is 6.84. The number of fused-ring (bicyclic) bond motifs is 5. The summed E-state index contributed by atoms with van der Waals surface area (Å²) in [6, 6.07) is 37.1. The Bertz CT molecular complexity index is 1620. The van der Waals surface area contributed by atoms with Gasteiger partial charge in [-0.15, -0.1) is 0 Å². The number of pyridine rings is 1. The number of hydrogen-bond donors (Lipinski definition) is 0. The molecule has 2 aromatic heterocycles. The molecule has 0 amide bonds. The third-order valence-corrected chi connectivity index (χ3v) is 7.48. The normalized spacial score (nSPS) is 14.2. The molecule has 0 radical (unpaired) electrons. The molecule has 35 heavy (non-hydrogen) atoms. The summed E-state index contributed by atoms with van der Waals surface area (Å²) in [7, 11) is 0. The monoisotopic (exact) mass is 451 g/mol. The zero-order valence-electron chi connectivity index (χ0n) is 19.8. The molecule has 0 fully saturated rings. The highest BCUT2D eigenvalue weighted by Gasteiger charge is 2.36. The maximum atomic E-state index is 4.49. The molecule has 6 aromatic rings. The molecule has 0 saturated heterocycles. The Morgan fingerprint density at radius 1 is 0.571 bits per heavy atom. The van der Waals surface area contributed by atoms with Gasteiger partial charge in [-0.2, -0.15) is 0 Å². The fraction of sp³-hybridized carbons (Fsp3) is 0.0938. The zero-order chi connectivity index (χ0) is 23.6. The van der Waals surface area contributed by atoms with Gasteiger partial charge in [0.2, 0.25) is 0 Å². The summed E-state index contributed by atoms with van der Waals surface area (Å²) >= 11 is 0. The molecule has 3 nitrogen and oxygen atoms in total. The number of nitrogens with zero attached hydrogens (tertiary/aromatic N) is 3. The van der Waals surface area contributed by atoms with Crippen LogP contribution in [-0.2, 0) is 5.41 Å². The van der Waals surface area contributed by atoms with Crippen molar-refractivity contribution in [2.45, 2.75) is 19.3 Å². The summed E-state index contributed by atoms with van der Waals surface area (Å²) in [5.41, 5.74) is 9.61. The van der Waals surface area contributed by atoms with E-state index in [0.29, 0.717) is 0 Å². The zero-order valence-corrected chi connectivity index (χ0v) is 19.8. The SMILES string of the molecule is CC1(C)c2ccccc2N(c2ccc(-n3c4ccccc4c4ccccc43)cc2)c2cnccc21. The second kappa shape index (κ2) is 7.31. The lowest BCUT2D eigenvalue weighted by molar-refractivity contribution is 0.630. The summed E-state index contributed by atoms with van der Waals surface area (Å²) in [5.74, 6) is 0. The number of hydrogen-bond acceptors (Lipinski definition) is 2. The molecule has 3 heteroatoms. The maximum Gasteiger partial charge on any atom is 0.0685 e. The molecule has 0 spiro atoms. The van der Waals surface area contributed by atoms with E-state index in [9.17, 15) is 0 Å². The first-order chi connectivity index (χ1) is 17.1. The van der Waals surface area contributed by atoms with E-state index in [2.05, 4.69) is 131 Å². The highest BCUT2D eigenvalue weighted by Crippen LogP contribution is 2.51. The molecule has 0 unspecified atom stereocenters. The van der Waals surface area contributed by atoms with Crippen molar-refractivity contribution < 1.29 is 0 Å². The number of benzene rings is 4. The van der Waals surface area contributed by atoms with Crippen molar-refractivity contribution in [3.63, 3.8) is 0 Å². The van der Waals surface area contributed by atoms with Crippen LogP contribution >= 0.6 is 0 Å². The predicted octanol–water partition coefficient (Wildman–Crippen LogP) is 8.29. The van der Waals surface area contributed by atoms with Gasteiger partial charge in [-0.1, -0.05) is 68.4 Å². The Balaban J connectivity index is 1.41. The molecule has 0 N–H and O–H groups in total. The van der Waals surface area contributed by atoms with Gasteiger partial charge in [0.15, 0.2) is 0 Å². The van der Waals surface area contributed by atoms with Gasteiger partial charge in [-0.05, 0) is 59.7 Å². The Hall–Kier alpha value is -4.37. The topological polar surface area (TPSA) is 21.1 Å². The third kappa shape index (κ3) is 2.82. The van der Waals surface area contributed by atoms with Crippen molar-refractivity contribution in [2.24, 2.45) is 0 Å². The fourth-order valence-electron chi connectivity index (χ4n) is 5.79. The summed E-state index contributed by atoms with van der Waals surface area (Å²) in [6.07, 6.45) is 3.89. The quantitative estimate of drug-likeness (QED) is 0.264. The van der Waals surface area contributed by atoms with E-state index < -0.39 is 0 Å². The van der Waals surface area contributed by atoms with Crippen LogP contribution in [0, 0.1) is 0 Å². The Morgan fingerprint density at radius 2 is 1.14 bits per heavy atom. The minimum absolute atomic E-state index is 0.0890. The lowest BCUT2D eigenvalue weighted by Crippen LogP contribution is -2.30. The van der Waals surface area contributed by atoms with Gasteiger partial charge in [0.25, 0.3) is 0 Å². The van der Waals surface area contributed by atoms with Crippen LogP contribution in [-0.4, -0.2) is 9.55 Å². The van der Waals surface area contributed by atoms with Gasteiger partial charge in [0.1, 0.15) is 0 Å². The van der Waals surface area contributed by atoms with Gasteiger partial charge in [0, 0.05) is 33.8 Å². The lowest BCUT2D eigenvalue weighted by atomic mass is 9.74. The van der Waals surface area contributed by atoms with Gasteiger partial charge < -0.3 is 9.47 Å². The second-order valence-electron chi connectivity index (χ2n) is 9.76. The summed E-state index contributed by atoms with van der Waals surface area (Å²) in [6.45, 7) is 4.60. The molecular weight excluding hydrogens is 426 g/mol. The van der Waals surface area contributed by atoms with Crippen molar-refractivity contribution in [1.82, 2.24) is 9.55 Å². The average Bonchev–Trinajstić information content (AvgIpc) is 3.24. The van der Waals surface area contributed by atoms with E-state index in [1.807, 2.05) is 12.4 Å². The second-order valence-corrected chi connectivity index (χ2v) is 9.76. The third-order valence-electron chi connectivity index (χ3n) is 7.48. The minimum atomic E-state index is -0.0890. The highest BCUT2D eigenvalue weighted by molar-refractivity contribution is 6.09. The van der Waals surface area contributed by atoms with Crippen LogP contribution in [0.2, 0.25) is 0 Å². The Morgan fingerprint density at radius 3 is 1.86 bits per heavy atom. The molecule has 3 heterocycles. The van der Waals surface area contributed by atoms with E-state index in [-0.39, 0.29) is 5.41 Å². The van der Waals surface area contributed by atoms with Gasteiger partial charge in [0.05, 0.1) is 28.6 Å². The smallest absolute Gasteiger partial charge is 0.0685 e. The molecule has 4 aromatic carbocycles. The first kappa shape index (κ1) is 20.0. The van der Waals surface area contributed by atoms with Crippen LogP contribution < -0.4 is 4.90 Å². The number of anilines is 3. The standard InChI is InChI=1S/C32H25N3/c1-32(2)26-11-5-8-14-30(26)35(31-21-33-20-19-27(31)32)23-17-15-22(16-18-23)34-28-12-6-3-9-24(28)25-10-4-7-13-29(25)34/h3-21H,1-2H3. The van der Waals surface area contributed by atoms with E-state index in [1.165, 1.54) is 38.6 Å². The number of para-hydroxylation sites is 3. The van der Waals surface area contributed by atoms with E-state index in [4.69, 9.17) is 0 Å².